The van der Waals surface area contributed by atoms with Gasteiger partial charge in [0.15, 0.2) is 0 Å². The van der Waals surface area contributed by atoms with Crippen molar-refractivity contribution >= 4 is 11.9 Å². The minimum atomic E-state index is -0.817. The number of unbranched alkanes of at least 4 members (excludes halogenated alkanes) is 23. The fraction of sp³-hybridized carbons (Fsp3) is 0.672. The van der Waals surface area contributed by atoms with Crippen molar-refractivity contribution in [2.24, 2.45) is 0 Å². The van der Waals surface area contributed by atoms with Crippen molar-refractivity contribution in [3.63, 3.8) is 0 Å². The minimum absolute atomic E-state index is 0.0150. The van der Waals surface area contributed by atoms with Crippen molar-refractivity contribution in [2.75, 3.05) is 6.61 Å². The van der Waals surface area contributed by atoms with E-state index in [0.29, 0.717) is 19.3 Å². The first kappa shape index (κ1) is 63.5. The summed E-state index contributed by atoms with van der Waals surface area (Å²) in [5.74, 6) is -0.569. The standard InChI is InChI=1S/C61H103NO5/c1-4-7-10-13-16-19-22-25-28-29-30-31-33-36-39-42-45-48-51-54-61(66)67-57(52-49-46-43-40-37-34-32-26-23-20-17-14-11-8-5-2)55-60(65)62-58(56-63)59(64)53-50-47-44-41-38-35-27-24-21-18-15-12-9-6-3/h8,11,14,16-17,19-20,23,25-26,28,30-32,34,37,40,43,57-59,63-64H,4-7,9-10,12-13,15,18,21-22,24,27,29,33,35-36,38-39,41-42,44-56H2,1-3H3,(H,62,65)/b11-8-,17-14+,19-16-,23-20+,28-25-,31-30-,32-26-,37-34+,43-40+. The molecule has 0 fully saturated rings. The van der Waals surface area contributed by atoms with Crippen LogP contribution in [-0.2, 0) is 14.3 Å². The number of rotatable bonds is 48. The third-order valence-electron chi connectivity index (χ3n) is 12.0. The Morgan fingerprint density at radius 1 is 0.463 bits per heavy atom. The minimum Gasteiger partial charge on any atom is -0.462 e. The Morgan fingerprint density at radius 2 is 0.881 bits per heavy atom. The van der Waals surface area contributed by atoms with Gasteiger partial charge in [-0.2, -0.15) is 0 Å². The van der Waals surface area contributed by atoms with Crippen LogP contribution in [0.4, 0.5) is 0 Å². The van der Waals surface area contributed by atoms with Gasteiger partial charge < -0.3 is 20.3 Å². The third-order valence-corrected chi connectivity index (χ3v) is 12.0. The summed E-state index contributed by atoms with van der Waals surface area (Å²) in [4.78, 5) is 26.2. The molecule has 0 spiro atoms. The van der Waals surface area contributed by atoms with Crippen LogP contribution in [0.1, 0.15) is 239 Å². The molecule has 0 radical (unpaired) electrons. The number of carbonyl (C=O) groups excluding carboxylic acids is 2. The molecule has 0 saturated heterocycles. The van der Waals surface area contributed by atoms with Gasteiger partial charge in [0.1, 0.15) is 6.10 Å². The highest BCUT2D eigenvalue weighted by molar-refractivity contribution is 5.77. The Hall–Kier alpha value is -3.48. The third kappa shape index (κ3) is 48.8. The van der Waals surface area contributed by atoms with Crippen molar-refractivity contribution in [1.29, 1.82) is 0 Å². The van der Waals surface area contributed by atoms with Crippen molar-refractivity contribution in [2.45, 2.75) is 257 Å². The highest BCUT2D eigenvalue weighted by atomic mass is 16.5. The molecular formula is C61H103NO5. The summed E-state index contributed by atoms with van der Waals surface area (Å²) in [5.41, 5.74) is 0. The van der Waals surface area contributed by atoms with Crippen LogP contribution in [0, 0.1) is 0 Å². The number of allylic oxidation sites excluding steroid dienone is 18. The summed E-state index contributed by atoms with van der Waals surface area (Å²) in [7, 11) is 0. The maximum absolute atomic E-state index is 13.2. The average molecular weight is 930 g/mol. The molecule has 67 heavy (non-hydrogen) atoms. The first-order chi connectivity index (χ1) is 33.0. The topological polar surface area (TPSA) is 95.9 Å². The van der Waals surface area contributed by atoms with E-state index in [2.05, 4.69) is 74.7 Å². The summed E-state index contributed by atoms with van der Waals surface area (Å²) in [5, 5.41) is 23.8. The summed E-state index contributed by atoms with van der Waals surface area (Å²) < 4.78 is 5.91. The molecule has 0 aromatic heterocycles. The molecule has 1 amide bonds. The molecule has 0 aromatic rings. The number of carbonyl (C=O) groups is 2. The van der Waals surface area contributed by atoms with E-state index >= 15 is 0 Å². The molecule has 0 heterocycles. The van der Waals surface area contributed by atoms with E-state index in [1.807, 2.05) is 60.8 Å². The zero-order chi connectivity index (χ0) is 48.8. The Labute approximate surface area is 413 Å². The van der Waals surface area contributed by atoms with Crippen molar-refractivity contribution < 1.29 is 24.5 Å². The zero-order valence-corrected chi connectivity index (χ0v) is 43.5. The number of nitrogens with one attached hydrogen (secondary N) is 1. The molecule has 382 valence electrons. The maximum atomic E-state index is 13.2. The second-order valence-corrected chi connectivity index (χ2v) is 18.4. The van der Waals surface area contributed by atoms with Crippen LogP contribution in [0.15, 0.2) is 109 Å². The van der Waals surface area contributed by atoms with Gasteiger partial charge in [-0.3, -0.25) is 9.59 Å². The molecule has 6 heteroatoms. The van der Waals surface area contributed by atoms with Crippen molar-refractivity contribution in [1.82, 2.24) is 5.32 Å². The van der Waals surface area contributed by atoms with Crippen LogP contribution >= 0.6 is 0 Å². The second-order valence-electron chi connectivity index (χ2n) is 18.4. The Kier molecular flexibility index (Phi) is 50.7. The van der Waals surface area contributed by atoms with Gasteiger partial charge in [0.05, 0.1) is 25.2 Å². The number of hydrogen-bond donors (Lipinski definition) is 3. The summed E-state index contributed by atoms with van der Waals surface area (Å²) in [6.45, 7) is 6.29. The first-order valence-corrected chi connectivity index (χ1v) is 27.7. The quantitative estimate of drug-likeness (QED) is 0.0244. The van der Waals surface area contributed by atoms with Crippen LogP contribution in [0.3, 0.4) is 0 Å². The molecule has 0 aromatic carbocycles. The predicted molar refractivity (Wildman–Crippen MR) is 291 cm³/mol. The van der Waals surface area contributed by atoms with E-state index in [9.17, 15) is 19.8 Å². The van der Waals surface area contributed by atoms with Crippen LogP contribution in [0.2, 0.25) is 0 Å². The van der Waals surface area contributed by atoms with E-state index in [0.717, 1.165) is 83.5 Å². The number of ether oxygens (including phenoxy) is 1. The lowest BCUT2D eigenvalue weighted by Crippen LogP contribution is -2.46. The fourth-order valence-corrected chi connectivity index (χ4v) is 7.83. The molecule has 6 nitrogen and oxygen atoms in total. The number of esters is 1. The van der Waals surface area contributed by atoms with E-state index in [1.165, 1.54) is 109 Å². The normalized spacial score (nSPS) is 14.0. The SMILES string of the molecule is CC\C=C/C=C/C=C/C=C\C=C\C=C\CCCC(CC(=O)NC(CO)C(O)CCCCCCCCCCCCCCCC)OC(=O)CCCCCCCC/C=C\C/C=C\C/C=C\CCCCC. The van der Waals surface area contributed by atoms with E-state index in [1.54, 1.807) is 0 Å². The van der Waals surface area contributed by atoms with Crippen LogP contribution in [0.25, 0.3) is 0 Å². The number of aliphatic hydroxyl groups is 2. The summed E-state index contributed by atoms with van der Waals surface area (Å²) in [6, 6.07) is -0.736. The predicted octanol–water partition coefficient (Wildman–Crippen LogP) is 17.1. The van der Waals surface area contributed by atoms with Gasteiger partial charge in [0, 0.05) is 6.42 Å². The average Bonchev–Trinajstić information content (AvgIpc) is 3.32. The Balaban J connectivity index is 4.72. The van der Waals surface area contributed by atoms with Crippen molar-refractivity contribution in [3.8, 4) is 0 Å². The largest absolute Gasteiger partial charge is 0.462 e. The Bertz CT molecular complexity index is 1370. The molecule has 3 unspecified atom stereocenters. The van der Waals surface area contributed by atoms with Gasteiger partial charge in [-0.05, 0) is 77.0 Å². The van der Waals surface area contributed by atoms with Crippen molar-refractivity contribution in [3.05, 3.63) is 109 Å². The highest BCUT2D eigenvalue weighted by Gasteiger charge is 2.24. The summed E-state index contributed by atoms with van der Waals surface area (Å²) in [6.07, 6.45) is 72.9. The van der Waals surface area contributed by atoms with Gasteiger partial charge in [-0.15, -0.1) is 0 Å². The Morgan fingerprint density at radius 3 is 1.40 bits per heavy atom. The van der Waals surface area contributed by atoms with E-state index < -0.39 is 18.2 Å². The maximum Gasteiger partial charge on any atom is 0.306 e. The molecule has 0 aliphatic rings. The molecule has 0 bridgehead atoms. The van der Waals surface area contributed by atoms with Gasteiger partial charge in [-0.1, -0.05) is 259 Å². The first-order valence-electron chi connectivity index (χ1n) is 27.7. The van der Waals surface area contributed by atoms with E-state index in [-0.39, 0.29) is 24.9 Å². The molecule has 0 aliphatic heterocycles. The van der Waals surface area contributed by atoms with Crippen LogP contribution in [0.5, 0.6) is 0 Å². The highest BCUT2D eigenvalue weighted by Crippen LogP contribution is 2.17. The molecule has 0 saturated carbocycles. The van der Waals surface area contributed by atoms with Crippen LogP contribution in [-0.4, -0.2) is 46.9 Å². The number of amides is 1. The molecule has 3 atom stereocenters. The van der Waals surface area contributed by atoms with Gasteiger partial charge in [0.25, 0.3) is 0 Å². The lowest BCUT2D eigenvalue weighted by Gasteiger charge is -2.24. The number of aliphatic hydroxyl groups excluding tert-OH is 2. The van der Waals surface area contributed by atoms with Crippen LogP contribution < -0.4 is 5.32 Å². The number of hydrogen-bond acceptors (Lipinski definition) is 5. The lowest BCUT2D eigenvalue weighted by molar-refractivity contribution is -0.151. The smallest absolute Gasteiger partial charge is 0.306 e. The van der Waals surface area contributed by atoms with Gasteiger partial charge in [0.2, 0.25) is 5.91 Å². The monoisotopic (exact) mass is 930 g/mol. The molecule has 0 aliphatic carbocycles. The summed E-state index contributed by atoms with van der Waals surface area (Å²) >= 11 is 0. The zero-order valence-electron chi connectivity index (χ0n) is 43.5. The van der Waals surface area contributed by atoms with E-state index in [4.69, 9.17) is 4.74 Å². The second kappa shape index (κ2) is 53.5. The van der Waals surface area contributed by atoms with Gasteiger partial charge in [-0.25, -0.2) is 0 Å². The molecular weight excluding hydrogens is 827 g/mol. The molecule has 3 N–H and O–H groups in total. The lowest BCUT2D eigenvalue weighted by atomic mass is 10.0. The fourth-order valence-electron chi connectivity index (χ4n) is 7.83. The molecule has 0 rings (SSSR count). The van der Waals surface area contributed by atoms with Gasteiger partial charge >= 0.3 is 5.97 Å².